The van der Waals surface area contributed by atoms with Crippen LogP contribution in [0, 0.1) is 11.3 Å². The second-order valence-corrected chi connectivity index (χ2v) is 5.97. The highest BCUT2D eigenvalue weighted by Crippen LogP contribution is 2.36. The molecule has 1 aliphatic heterocycles. The third kappa shape index (κ3) is 2.32. The summed E-state index contributed by atoms with van der Waals surface area (Å²) in [5.41, 5.74) is 1.75. The van der Waals surface area contributed by atoms with Crippen molar-refractivity contribution in [3.05, 3.63) is 17.0 Å². The van der Waals surface area contributed by atoms with E-state index in [0.29, 0.717) is 18.7 Å². The molecular weight excluding hydrogens is 268 g/mol. The van der Waals surface area contributed by atoms with E-state index in [2.05, 4.69) is 16.5 Å². The fourth-order valence-corrected chi connectivity index (χ4v) is 3.01. The Hall–Kier alpha value is -1.87. The molecule has 21 heavy (non-hydrogen) atoms. The van der Waals surface area contributed by atoms with Gasteiger partial charge in [0.2, 0.25) is 0 Å². The highest BCUT2D eigenvalue weighted by Gasteiger charge is 2.45. The molecule has 0 aromatic carbocycles. The van der Waals surface area contributed by atoms with Crippen molar-refractivity contribution in [1.29, 1.82) is 5.26 Å². The molecular formula is C15H20N4O2. The summed E-state index contributed by atoms with van der Waals surface area (Å²) in [6.07, 6.45) is 2.13. The number of hydrogen-bond acceptors (Lipinski definition) is 4. The molecule has 0 radical (unpaired) electrons. The number of fused-ring (bicyclic) bond motifs is 1. The van der Waals surface area contributed by atoms with Crippen LogP contribution in [0.15, 0.2) is 0 Å². The Morgan fingerprint density at radius 3 is 2.86 bits per heavy atom. The smallest absolute Gasteiger partial charge is 0.273 e. The molecule has 1 fully saturated rings. The minimum atomic E-state index is -0.664. The van der Waals surface area contributed by atoms with Crippen molar-refractivity contribution < 1.29 is 9.53 Å². The summed E-state index contributed by atoms with van der Waals surface area (Å²) in [5, 5.41) is 16.4. The fraction of sp³-hybridized carbons (Fsp3) is 0.667. The van der Waals surface area contributed by atoms with E-state index >= 15 is 0 Å². The molecule has 6 heteroatoms. The van der Waals surface area contributed by atoms with Gasteiger partial charge in [0.1, 0.15) is 5.54 Å². The van der Waals surface area contributed by atoms with Crippen LogP contribution in [-0.2, 0) is 17.7 Å². The van der Waals surface area contributed by atoms with Gasteiger partial charge >= 0.3 is 0 Å². The van der Waals surface area contributed by atoms with E-state index in [4.69, 9.17) is 10.00 Å². The first-order valence-corrected chi connectivity index (χ1v) is 7.48. The monoisotopic (exact) mass is 288 g/mol. The predicted molar refractivity (Wildman–Crippen MR) is 75.6 cm³/mol. The maximum Gasteiger partial charge on any atom is 0.273 e. The molecule has 2 aliphatic rings. The van der Waals surface area contributed by atoms with Gasteiger partial charge in [-0.2, -0.15) is 10.4 Å². The lowest BCUT2D eigenvalue weighted by Gasteiger charge is -2.26. The van der Waals surface area contributed by atoms with Crippen LogP contribution in [0.1, 0.15) is 61.5 Å². The molecule has 1 saturated carbocycles. The number of amides is 1. The van der Waals surface area contributed by atoms with Gasteiger partial charge in [0.15, 0.2) is 5.69 Å². The van der Waals surface area contributed by atoms with Crippen molar-refractivity contribution in [3.63, 3.8) is 0 Å². The van der Waals surface area contributed by atoms with Crippen molar-refractivity contribution >= 4 is 5.91 Å². The summed E-state index contributed by atoms with van der Waals surface area (Å²) >= 11 is 0. The normalized spacial score (nSPS) is 25.8. The zero-order valence-corrected chi connectivity index (χ0v) is 12.6. The SMILES string of the molecule is CCn1nc(C(=O)NC2(C#N)CC2)c2c1[C@H](C)O[C@H](C)C2. The molecule has 3 rings (SSSR count). The molecule has 1 amide bonds. The zero-order chi connectivity index (χ0) is 15.2. The molecule has 2 atom stereocenters. The Bertz CT molecular complexity index is 624. The second-order valence-electron chi connectivity index (χ2n) is 5.97. The molecule has 0 bridgehead atoms. The van der Waals surface area contributed by atoms with Crippen LogP contribution >= 0.6 is 0 Å². The summed E-state index contributed by atoms with van der Waals surface area (Å²) in [5.74, 6) is -0.237. The summed E-state index contributed by atoms with van der Waals surface area (Å²) < 4.78 is 7.68. The summed E-state index contributed by atoms with van der Waals surface area (Å²) in [4.78, 5) is 12.5. The molecule has 6 nitrogen and oxygen atoms in total. The van der Waals surface area contributed by atoms with Crippen molar-refractivity contribution in [2.24, 2.45) is 0 Å². The number of hydrogen-bond donors (Lipinski definition) is 1. The highest BCUT2D eigenvalue weighted by atomic mass is 16.5. The van der Waals surface area contributed by atoms with Crippen LogP contribution in [0.4, 0.5) is 0 Å². The van der Waals surface area contributed by atoms with E-state index < -0.39 is 5.54 Å². The largest absolute Gasteiger partial charge is 0.369 e. The number of aryl methyl sites for hydroxylation is 1. The second kappa shape index (κ2) is 4.85. The molecule has 1 N–H and O–H groups in total. The van der Waals surface area contributed by atoms with Crippen molar-refractivity contribution in [1.82, 2.24) is 15.1 Å². The van der Waals surface area contributed by atoms with Crippen LogP contribution in [0.5, 0.6) is 0 Å². The number of nitriles is 1. The van der Waals surface area contributed by atoms with E-state index in [1.54, 1.807) is 0 Å². The van der Waals surface area contributed by atoms with Gasteiger partial charge in [-0.05, 0) is 33.6 Å². The number of carbonyl (C=O) groups is 1. The minimum absolute atomic E-state index is 0.0661. The number of ether oxygens (including phenoxy) is 1. The molecule has 1 aromatic rings. The lowest BCUT2D eigenvalue weighted by atomic mass is 9.99. The average molecular weight is 288 g/mol. The maximum atomic E-state index is 12.5. The van der Waals surface area contributed by atoms with Gasteiger partial charge in [0, 0.05) is 18.5 Å². The zero-order valence-electron chi connectivity index (χ0n) is 12.6. The fourth-order valence-electron chi connectivity index (χ4n) is 3.01. The van der Waals surface area contributed by atoms with Crippen LogP contribution in [0.3, 0.4) is 0 Å². The van der Waals surface area contributed by atoms with Gasteiger partial charge < -0.3 is 10.1 Å². The Kier molecular flexibility index (Phi) is 3.25. The molecule has 2 heterocycles. The number of nitrogens with zero attached hydrogens (tertiary/aromatic N) is 3. The Labute approximate surface area is 124 Å². The number of rotatable bonds is 3. The van der Waals surface area contributed by atoms with Crippen LogP contribution in [-0.4, -0.2) is 27.3 Å². The average Bonchev–Trinajstić information content (AvgIpc) is 3.10. The van der Waals surface area contributed by atoms with Crippen molar-refractivity contribution in [2.45, 2.75) is 64.3 Å². The van der Waals surface area contributed by atoms with E-state index in [-0.39, 0.29) is 18.1 Å². The summed E-state index contributed by atoms with van der Waals surface area (Å²) in [7, 11) is 0. The van der Waals surface area contributed by atoms with Gasteiger partial charge in [0.05, 0.1) is 24.0 Å². The Morgan fingerprint density at radius 2 is 2.29 bits per heavy atom. The van der Waals surface area contributed by atoms with Gasteiger partial charge in [-0.25, -0.2) is 0 Å². The topological polar surface area (TPSA) is 79.9 Å². The van der Waals surface area contributed by atoms with Gasteiger partial charge in [-0.15, -0.1) is 0 Å². The number of carbonyl (C=O) groups excluding carboxylic acids is 1. The third-order valence-electron chi connectivity index (χ3n) is 4.24. The first-order valence-electron chi connectivity index (χ1n) is 7.48. The highest BCUT2D eigenvalue weighted by molar-refractivity contribution is 5.95. The van der Waals surface area contributed by atoms with Gasteiger partial charge in [0.25, 0.3) is 5.91 Å². The molecule has 0 unspecified atom stereocenters. The Morgan fingerprint density at radius 1 is 1.57 bits per heavy atom. The van der Waals surface area contributed by atoms with Gasteiger partial charge in [-0.3, -0.25) is 9.48 Å². The van der Waals surface area contributed by atoms with E-state index in [9.17, 15) is 4.79 Å². The maximum absolute atomic E-state index is 12.5. The summed E-state index contributed by atoms with van der Waals surface area (Å²) in [6.45, 7) is 6.68. The molecule has 112 valence electrons. The minimum Gasteiger partial charge on any atom is -0.369 e. The standard InChI is InChI=1S/C15H20N4O2/c1-4-19-13-10(3)21-9(2)7-11(13)12(18-19)14(20)17-15(8-16)5-6-15/h9-10H,4-7H2,1-3H3,(H,17,20)/t9-,10+/m1/s1. The number of aromatic nitrogens is 2. The third-order valence-corrected chi connectivity index (χ3v) is 4.24. The van der Waals surface area contributed by atoms with Crippen LogP contribution in [0.25, 0.3) is 0 Å². The molecule has 0 spiro atoms. The molecule has 1 aliphatic carbocycles. The predicted octanol–water partition coefficient (Wildman–Crippen LogP) is 1.71. The van der Waals surface area contributed by atoms with Crippen LogP contribution in [0.2, 0.25) is 0 Å². The molecule has 0 saturated heterocycles. The first-order chi connectivity index (χ1) is 9.99. The van der Waals surface area contributed by atoms with E-state index in [1.165, 1.54) is 0 Å². The van der Waals surface area contributed by atoms with Gasteiger partial charge in [-0.1, -0.05) is 0 Å². The Balaban J connectivity index is 1.96. The first kappa shape index (κ1) is 14.1. The van der Waals surface area contributed by atoms with E-state index in [0.717, 1.165) is 24.1 Å². The number of nitrogens with one attached hydrogen (secondary N) is 1. The quantitative estimate of drug-likeness (QED) is 0.918. The summed E-state index contributed by atoms with van der Waals surface area (Å²) in [6, 6.07) is 2.18. The lowest BCUT2D eigenvalue weighted by molar-refractivity contribution is -0.00948. The lowest BCUT2D eigenvalue weighted by Crippen LogP contribution is -2.36. The van der Waals surface area contributed by atoms with Crippen LogP contribution < -0.4 is 5.32 Å². The van der Waals surface area contributed by atoms with Crippen molar-refractivity contribution in [3.8, 4) is 6.07 Å². The van der Waals surface area contributed by atoms with Crippen molar-refractivity contribution in [2.75, 3.05) is 0 Å². The van der Waals surface area contributed by atoms with E-state index in [1.807, 2.05) is 25.5 Å². The molecule has 1 aromatic heterocycles.